The molecule has 0 aliphatic heterocycles. The predicted molar refractivity (Wildman–Crippen MR) is 101 cm³/mol. The van der Waals surface area contributed by atoms with Gasteiger partial charge >= 0.3 is 0 Å². The van der Waals surface area contributed by atoms with Crippen LogP contribution in [0.25, 0.3) is 0 Å². The molecule has 0 aliphatic rings. The predicted octanol–water partition coefficient (Wildman–Crippen LogP) is 3.74. The first-order chi connectivity index (χ1) is 11.3. The minimum Gasteiger partial charge on any atom is -0.223 e. The first-order valence-electron chi connectivity index (χ1n) is 7.96. The molecule has 2 aromatic rings. The summed E-state index contributed by atoms with van der Waals surface area (Å²) in [4.78, 5) is 0.230. The van der Waals surface area contributed by atoms with Crippen molar-refractivity contribution in [1.82, 2.24) is 0 Å². The Morgan fingerprint density at radius 1 is 0.560 bits per heavy atom. The van der Waals surface area contributed by atoms with E-state index in [-0.39, 0.29) is 9.79 Å². The minimum atomic E-state index is -3.98. The van der Waals surface area contributed by atoms with Gasteiger partial charge in [-0.1, -0.05) is 35.4 Å². The van der Waals surface area contributed by atoms with E-state index >= 15 is 0 Å². The molecule has 0 atom stereocenters. The van der Waals surface area contributed by atoms with Crippen molar-refractivity contribution in [2.75, 3.05) is 5.08 Å². The van der Waals surface area contributed by atoms with Crippen LogP contribution in [0, 0.1) is 41.5 Å². The molecule has 0 heterocycles. The van der Waals surface area contributed by atoms with Gasteiger partial charge in [-0.05, 0) is 63.8 Å². The van der Waals surface area contributed by atoms with Crippen molar-refractivity contribution in [3.63, 3.8) is 0 Å². The first-order valence-corrected chi connectivity index (χ1v) is 11.3. The van der Waals surface area contributed by atoms with E-state index in [1.165, 1.54) is 0 Å². The van der Waals surface area contributed by atoms with Crippen molar-refractivity contribution in [2.45, 2.75) is 51.3 Å². The summed E-state index contributed by atoms with van der Waals surface area (Å²) in [6.07, 6.45) is 0. The van der Waals surface area contributed by atoms with Gasteiger partial charge in [-0.2, -0.15) is 0 Å². The van der Waals surface area contributed by atoms with Gasteiger partial charge in [0.05, 0.1) is 9.79 Å². The summed E-state index contributed by atoms with van der Waals surface area (Å²) in [5.74, 6) is 0. The normalized spacial score (nSPS) is 12.4. The van der Waals surface area contributed by atoms with Crippen LogP contribution in [-0.4, -0.2) is 21.9 Å². The zero-order chi connectivity index (χ0) is 19.2. The molecule has 0 N–H and O–H groups in total. The third kappa shape index (κ3) is 3.96. The highest BCUT2D eigenvalue weighted by atomic mass is 32.3. The molecule has 2 rings (SSSR count). The van der Waals surface area contributed by atoms with E-state index in [1.807, 2.05) is 13.8 Å². The van der Waals surface area contributed by atoms with Gasteiger partial charge in [0.1, 0.15) is 0 Å². The molecule has 0 amide bonds. The molecule has 4 nitrogen and oxygen atoms in total. The van der Waals surface area contributed by atoms with Crippen LogP contribution in [0.1, 0.15) is 33.4 Å². The fraction of sp³-hybridized carbons (Fsp3) is 0.368. The van der Waals surface area contributed by atoms with Crippen molar-refractivity contribution >= 4 is 19.7 Å². The summed E-state index contributed by atoms with van der Waals surface area (Å²) in [5.41, 5.74) is 4.19. The zero-order valence-corrected chi connectivity index (χ0v) is 17.1. The van der Waals surface area contributed by atoms with E-state index in [0.717, 1.165) is 11.1 Å². The molecule has 0 spiro atoms. The van der Waals surface area contributed by atoms with Crippen LogP contribution >= 0.6 is 0 Å². The number of hydrogen-bond donors (Lipinski definition) is 0. The van der Waals surface area contributed by atoms with Crippen molar-refractivity contribution in [1.29, 1.82) is 0 Å². The maximum absolute atomic E-state index is 12.9. The van der Waals surface area contributed by atoms with Crippen LogP contribution in [0.4, 0.5) is 0 Å². The van der Waals surface area contributed by atoms with E-state index in [4.69, 9.17) is 0 Å². The lowest BCUT2D eigenvalue weighted by Gasteiger charge is -2.15. The monoisotopic (exact) mass is 380 g/mol. The fourth-order valence-corrected chi connectivity index (χ4v) is 8.41. The molecular weight excluding hydrogens is 356 g/mol. The highest BCUT2D eigenvalue weighted by molar-refractivity contribution is 8.08. The molecule has 0 fully saturated rings. The summed E-state index contributed by atoms with van der Waals surface area (Å²) >= 11 is 0. The molecule has 0 bridgehead atoms. The van der Waals surface area contributed by atoms with Gasteiger partial charge in [-0.25, -0.2) is 16.8 Å². The number of hydrogen-bond acceptors (Lipinski definition) is 4. The first kappa shape index (κ1) is 19.7. The second-order valence-electron chi connectivity index (χ2n) is 6.80. The Balaban J connectivity index is 2.59. The van der Waals surface area contributed by atoms with Gasteiger partial charge in [0.25, 0.3) is 0 Å². The number of rotatable bonds is 4. The second-order valence-corrected chi connectivity index (χ2v) is 11.0. The van der Waals surface area contributed by atoms with Crippen LogP contribution in [0.15, 0.2) is 34.1 Å². The Morgan fingerprint density at radius 2 is 0.800 bits per heavy atom. The lowest BCUT2D eigenvalue weighted by atomic mass is 10.1. The third-order valence-electron chi connectivity index (χ3n) is 4.14. The smallest absolute Gasteiger partial charge is 0.193 e. The largest absolute Gasteiger partial charge is 0.223 e. The van der Waals surface area contributed by atoms with Gasteiger partial charge in [-0.3, -0.25) is 0 Å². The highest BCUT2D eigenvalue weighted by Crippen LogP contribution is 2.28. The molecule has 0 unspecified atom stereocenters. The molecule has 0 aromatic heterocycles. The molecular formula is C19H24O4S2. The number of benzene rings is 2. The lowest BCUT2D eigenvalue weighted by Crippen LogP contribution is -2.20. The molecule has 0 saturated heterocycles. The summed E-state index contributed by atoms with van der Waals surface area (Å²) < 4.78 is 51.5. The Hall–Kier alpha value is -1.66. The zero-order valence-electron chi connectivity index (χ0n) is 15.5. The number of aryl methyl sites for hydroxylation is 6. The third-order valence-corrected chi connectivity index (χ3v) is 9.16. The van der Waals surface area contributed by atoms with Crippen molar-refractivity contribution in [2.24, 2.45) is 0 Å². The van der Waals surface area contributed by atoms with E-state index in [0.29, 0.717) is 22.3 Å². The minimum absolute atomic E-state index is 0.115. The van der Waals surface area contributed by atoms with Crippen molar-refractivity contribution < 1.29 is 16.8 Å². The quantitative estimate of drug-likeness (QED) is 0.810. The number of sulfone groups is 2. The topological polar surface area (TPSA) is 68.3 Å². The molecule has 25 heavy (non-hydrogen) atoms. The second kappa shape index (κ2) is 6.57. The average molecular weight is 381 g/mol. The van der Waals surface area contributed by atoms with Gasteiger partial charge in [0.2, 0.25) is 0 Å². The van der Waals surface area contributed by atoms with Crippen molar-refractivity contribution in [3.05, 3.63) is 57.6 Å². The SMILES string of the molecule is Cc1cc(C)c(S(=O)(=O)CS(=O)(=O)c2c(C)cc(C)cc2C)c(C)c1. The summed E-state index contributed by atoms with van der Waals surface area (Å²) in [6, 6.07) is 7.04. The van der Waals surface area contributed by atoms with Crippen LogP contribution in [0.3, 0.4) is 0 Å². The molecule has 0 aliphatic carbocycles. The van der Waals surface area contributed by atoms with Crippen LogP contribution in [0.2, 0.25) is 0 Å². The van der Waals surface area contributed by atoms with E-state index < -0.39 is 24.8 Å². The molecule has 0 saturated carbocycles. The van der Waals surface area contributed by atoms with Crippen LogP contribution in [-0.2, 0) is 19.7 Å². The van der Waals surface area contributed by atoms with Gasteiger partial charge in [0.15, 0.2) is 24.8 Å². The molecule has 136 valence electrons. The van der Waals surface area contributed by atoms with Gasteiger partial charge < -0.3 is 0 Å². The van der Waals surface area contributed by atoms with Gasteiger partial charge in [-0.15, -0.1) is 0 Å². The molecule has 6 heteroatoms. The fourth-order valence-electron chi connectivity index (χ4n) is 3.64. The standard InChI is InChI=1S/C19H24O4S2/c1-12-7-14(3)18(15(4)8-12)24(20,21)11-25(22,23)19-16(5)9-13(2)10-17(19)6/h7-10H,11H2,1-6H3. The van der Waals surface area contributed by atoms with Gasteiger partial charge in [0, 0.05) is 0 Å². The van der Waals surface area contributed by atoms with Crippen molar-refractivity contribution in [3.8, 4) is 0 Å². The Kier molecular flexibility index (Phi) is 5.17. The van der Waals surface area contributed by atoms with E-state index in [2.05, 4.69) is 0 Å². The van der Waals surface area contributed by atoms with Crippen LogP contribution in [0.5, 0.6) is 0 Å². The lowest BCUT2D eigenvalue weighted by molar-refractivity contribution is 0.587. The van der Waals surface area contributed by atoms with Crippen LogP contribution < -0.4 is 0 Å². The molecule has 2 aromatic carbocycles. The van der Waals surface area contributed by atoms with E-state index in [1.54, 1.807) is 52.0 Å². The summed E-state index contributed by atoms with van der Waals surface area (Å²) in [7, 11) is -7.95. The van der Waals surface area contributed by atoms with E-state index in [9.17, 15) is 16.8 Å². The maximum Gasteiger partial charge on any atom is 0.193 e. The Labute approximate surface area is 150 Å². The maximum atomic E-state index is 12.9. The molecule has 0 radical (unpaired) electrons. The summed E-state index contributed by atoms with van der Waals surface area (Å²) in [6.45, 7) is 10.5. The Morgan fingerprint density at radius 3 is 1.04 bits per heavy atom. The summed E-state index contributed by atoms with van der Waals surface area (Å²) in [5, 5.41) is -0.921. The highest BCUT2D eigenvalue weighted by Gasteiger charge is 2.30. The average Bonchev–Trinajstić information content (AvgIpc) is 2.32. The Bertz CT molecular complexity index is 915.